The van der Waals surface area contributed by atoms with E-state index in [1.807, 2.05) is 6.07 Å². The van der Waals surface area contributed by atoms with Crippen LogP contribution in [0.3, 0.4) is 0 Å². The average Bonchev–Trinajstić information content (AvgIpc) is 2.70. The molecule has 0 aliphatic carbocycles. The number of nitrogens with zero attached hydrogens (tertiary/aromatic N) is 3. The molecule has 26 heavy (non-hydrogen) atoms. The summed E-state index contributed by atoms with van der Waals surface area (Å²) in [5, 5.41) is 26.5. The van der Waals surface area contributed by atoms with E-state index < -0.39 is 0 Å². The van der Waals surface area contributed by atoms with Crippen molar-refractivity contribution in [2.45, 2.75) is 6.92 Å². The van der Waals surface area contributed by atoms with Crippen molar-refractivity contribution in [1.29, 1.82) is 5.26 Å². The van der Waals surface area contributed by atoms with Gasteiger partial charge >= 0.3 is 27.7 Å². The zero-order chi connectivity index (χ0) is 19.8. The molecular weight excluding hydrogens is 448 g/mol. The third kappa shape index (κ3) is 8.64. The average molecular weight is 466 g/mol. The van der Waals surface area contributed by atoms with Gasteiger partial charge < -0.3 is 14.6 Å². The van der Waals surface area contributed by atoms with Gasteiger partial charge in [-0.05, 0) is 17.7 Å². The van der Waals surface area contributed by atoms with E-state index in [2.05, 4.69) is 37.9 Å². The van der Waals surface area contributed by atoms with Crippen LogP contribution in [0.15, 0.2) is 58.7 Å². The normalized spacial score (nSPS) is 9.96. The molecule has 0 aliphatic rings. The Morgan fingerprint density at radius 2 is 1.77 bits per heavy atom. The first-order chi connectivity index (χ1) is 12.7. The van der Waals surface area contributed by atoms with Gasteiger partial charge in [0.2, 0.25) is 0 Å². The molecule has 0 radical (unpaired) electrons. The van der Waals surface area contributed by atoms with E-state index in [4.69, 9.17) is 14.7 Å². The van der Waals surface area contributed by atoms with E-state index >= 15 is 0 Å². The molecule has 0 bridgehead atoms. The summed E-state index contributed by atoms with van der Waals surface area (Å²) in [4.78, 5) is 0. The molecule has 6 nitrogen and oxygen atoms in total. The summed E-state index contributed by atoms with van der Waals surface area (Å²) < 4.78 is 10.3. The van der Waals surface area contributed by atoms with Crippen molar-refractivity contribution in [2.75, 3.05) is 14.2 Å². The summed E-state index contributed by atoms with van der Waals surface area (Å²) in [5.74, 6) is 0.890. The Balaban J connectivity index is 0.00000113. The van der Waals surface area contributed by atoms with Crippen molar-refractivity contribution in [2.24, 2.45) is 10.2 Å². The summed E-state index contributed by atoms with van der Waals surface area (Å²) >= 11 is 2.22. The van der Waals surface area contributed by atoms with Crippen LogP contribution in [0.1, 0.15) is 18.1 Å². The van der Waals surface area contributed by atoms with Crippen molar-refractivity contribution in [3.8, 4) is 17.6 Å². The predicted octanol–water partition coefficient (Wildman–Crippen LogP) is 3.06. The Bertz CT molecular complexity index is 747. The third-order valence-electron chi connectivity index (χ3n) is 2.81. The van der Waals surface area contributed by atoms with Crippen molar-refractivity contribution in [3.63, 3.8) is 0 Å². The van der Waals surface area contributed by atoms with Gasteiger partial charge in [0.25, 0.3) is 0 Å². The van der Waals surface area contributed by atoms with Crippen LogP contribution in [-0.4, -0.2) is 26.3 Å². The summed E-state index contributed by atoms with van der Waals surface area (Å²) in [6.07, 6.45) is 1.47. The van der Waals surface area contributed by atoms with E-state index in [1.165, 1.54) is 13.1 Å². The zero-order valence-corrected chi connectivity index (χ0v) is 16.8. The molecule has 0 unspecified atom stereocenters. The minimum absolute atomic E-state index is 0.390. The zero-order valence-electron chi connectivity index (χ0n) is 14.5. The van der Waals surface area contributed by atoms with Gasteiger partial charge in [0.1, 0.15) is 11.5 Å². The second-order valence-electron chi connectivity index (χ2n) is 4.35. The molecular formula is C18H18ClN3O3Pd. The van der Waals surface area contributed by atoms with Crippen molar-refractivity contribution in [1.82, 2.24) is 0 Å². The number of benzene rings is 2. The van der Waals surface area contributed by atoms with E-state index in [9.17, 15) is 5.11 Å². The van der Waals surface area contributed by atoms with Gasteiger partial charge in [-0.3, -0.25) is 0 Å². The second kappa shape index (κ2) is 14.9. The van der Waals surface area contributed by atoms with Crippen LogP contribution in [0.4, 0.5) is 0 Å². The van der Waals surface area contributed by atoms with Crippen molar-refractivity contribution in [3.05, 3.63) is 59.7 Å². The number of nitriles is 1. The Labute approximate surface area is 168 Å². The van der Waals surface area contributed by atoms with Crippen LogP contribution in [0.5, 0.6) is 11.5 Å². The van der Waals surface area contributed by atoms with Crippen LogP contribution >= 0.6 is 9.53 Å². The number of hydrogen-bond donors (Lipinski definition) is 0. The maximum absolute atomic E-state index is 11.8. The Morgan fingerprint density at radius 1 is 1.15 bits per heavy atom. The van der Waals surface area contributed by atoms with E-state index in [0.717, 1.165) is 0 Å². The molecule has 0 saturated heterocycles. The van der Waals surface area contributed by atoms with Gasteiger partial charge in [-0.1, -0.05) is 30.3 Å². The molecule has 0 aromatic heterocycles. The first-order valence-electron chi connectivity index (χ1n) is 7.14. The molecule has 0 aliphatic heterocycles. The van der Waals surface area contributed by atoms with E-state index in [0.29, 0.717) is 22.6 Å². The van der Waals surface area contributed by atoms with Gasteiger partial charge in [0.15, 0.2) is 0 Å². The fraction of sp³-hybridized carbons (Fsp3) is 0.167. The number of rotatable bonds is 5. The molecule has 2 rings (SSSR count). The van der Waals surface area contributed by atoms with Gasteiger partial charge in [-0.2, -0.15) is 15.5 Å². The molecule has 0 atom stereocenters. The molecule has 0 fully saturated rings. The van der Waals surface area contributed by atoms with E-state index in [1.54, 1.807) is 62.8 Å². The fourth-order valence-corrected chi connectivity index (χ4v) is 1.71. The number of hydrogen-bond acceptors (Lipinski definition) is 6. The standard InChI is InChI=1S/C16H16N2O3.C2H3N.ClH.Pd/c1-20-14-9-8-13(15(10-14)21-2)11-17-18-16(19)12-6-4-3-5-7-12;1-2-3;;/h3-11H,1-2H3,(H,18,19);1H3;1H;/q;;;+2/p-2/b17-11+;;;. The molecule has 140 valence electrons. The number of ether oxygens (including phenoxy) is 2. The molecule has 0 spiro atoms. The topological polar surface area (TPSA) is 90.0 Å². The second-order valence-corrected chi connectivity index (χ2v) is 4.35. The SMILES string of the molecule is CC#N.COc1ccc(/C=N/N=C(\[O-])c2ccccc2)c(OC)c1.[Cl][Pd+]. The van der Waals surface area contributed by atoms with Crippen LogP contribution in [0.25, 0.3) is 0 Å². The van der Waals surface area contributed by atoms with Gasteiger partial charge in [0, 0.05) is 24.5 Å². The number of halogens is 1. The first-order valence-corrected chi connectivity index (χ1v) is 9.14. The summed E-state index contributed by atoms with van der Waals surface area (Å²) in [7, 11) is 7.62. The number of methoxy groups -OCH3 is 2. The quantitative estimate of drug-likeness (QED) is 0.293. The Morgan fingerprint density at radius 3 is 2.31 bits per heavy atom. The fourth-order valence-electron chi connectivity index (χ4n) is 1.71. The van der Waals surface area contributed by atoms with Gasteiger partial charge in [-0.25, -0.2) is 0 Å². The molecule has 0 heterocycles. The molecule has 8 heteroatoms. The summed E-state index contributed by atoms with van der Waals surface area (Å²) in [6, 6.07) is 15.8. The first kappa shape index (κ1) is 23.6. The molecule has 0 saturated carbocycles. The summed E-state index contributed by atoms with van der Waals surface area (Å²) in [5.41, 5.74) is 1.21. The van der Waals surface area contributed by atoms with Crippen LogP contribution in [-0.2, 0) is 18.2 Å². The monoisotopic (exact) mass is 465 g/mol. The van der Waals surface area contributed by atoms with Crippen molar-refractivity contribution >= 4 is 21.6 Å². The van der Waals surface area contributed by atoms with Gasteiger partial charge in [-0.15, -0.1) is 0 Å². The molecule has 0 N–H and O–H groups in total. The summed E-state index contributed by atoms with van der Waals surface area (Å²) in [6.45, 7) is 1.43. The van der Waals surface area contributed by atoms with Crippen LogP contribution in [0.2, 0.25) is 0 Å². The van der Waals surface area contributed by atoms with E-state index in [-0.39, 0.29) is 5.90 Å². The Hall–Kier alpha value is -2.38. The predicted molar refractivity (Wildman–Crippen MR) is 97.3 cm³/mol. The van der Waals surface area contributed by atoms with Gasteiger partial charge in [0.05, 0.1) is 26.5 Å². The maximum atomic E-state index is 11.8. The molecule has 2 aromatic rings. The van der Waals surface area contributed by atoms with Crippen LogP contribution < -0.4 is 14.6 Å². The third-order valence-corrected chi connectivity index (χ3v) is 2.81. The van der Waals surface area contributed by atoms with Crippen LogP contribution in [0, 0.1) is 11.3 Å². The van der Waals surface area contributed by atoms with Crippen molar-refractivity contribution < 1.29 is 32.8 Å². The molecule has 0 amide bonds. The Kier molecular flexibility index (Phi) is 13.6. The molecule has 2 aromatic carbocycles. The minimum atomic E-state index is -0.390.